The van der Waals surface area contributed by atoms with E-state index in [1.807, 2.05) is 0 Å². The Morgan fingerprint density at radius 3 is 2.72 bits per heavy atom. The predicted molar refractivity (Wildman–Crippen MR) is 75.8 cm³/mol. The summed E-state index contributed by atoms with van der Waals surface area (Å²) >= 11 is 1.60. The highest BCUT2D eigenvalue weighted by molar-refractivity contribution is 7.16. The summed E-state index contributed by atoms with van der Waals surface area (Å²) in [4.78, 5) is 16.2. The molecule has 0 bridgehead atoms. The summed E-state index contributed by atoms with van der Waals surface area (Å²) in [7, 11) is 0. The zero-order chi connectivity index (χ0) is 13.3. The molecular weight excluding hydrogens is 244 g/mol. The van der Waals surface area contributed by atoms with Crippen LogP contribution in [0.25, 0.3) is 10.2 Å². The van der Waals surface area contributed by atoms with E-state index in [-0.39, 0.29) is 5.91 Å². The van der Waals surface area contributed by atoms with Crippen LogP contribution in [0.4, 0.5) is 0 Å². The molecule has 96 valence electrons. The first-order valence-electron chi connectivity index (χ1n) is 6.18. The van der Waals surface area contributed by atoms with Crippen LogP contribution >= 0.6 is 11.3 Å². The fraction of sp³-hybridized carbons (Fsp3) is 0.429. The molecule has 0 aliphatic rings. The second kappa shape index (κ2) is 5.06. The summed E-state index contributed by atoms with van der Waals surface area (Å²) in [5, 5.41) is 0. The molecule has 4 heteroatoms. The number of hydrogen-bond donors (Lipinski definition) is 0. The van der Waals surface area contributed by atoms with Crippen LogP contribution in [0.3, 0.4) is 0 Å². The van der Waals surface area contributed by atoms with Crippen LogP contribution in [0, 0.1) is 13.8 Å². The van der Waals surface area contributed by atoms with Crippen LogP contribution in [0.5, 0.6) is 0 Å². The van der Waals surface area contributed by atoms with Crippen LogP contribution in [-0.2, 0) is 11.3 Å². The van der Waals surface area contributed by atoms with Crippen LogP contribution in [0.1, 0.15) is 31.4 Å². The number of aromatic nitrogens is 1. The SMILES string of the molecule is CCCn1c(=NC(C)=O)sc2c(C)cc(C)cc21. The maximum atomic E-state index is 11.2. The number of carbonyl (C=O) groups is 1. The summed E-state index contributed by atoms with van der Waals surface area (Å²) in [6.07, 6.45) is 1.03. The Morgan fingerprint density at radius 2 is 2.11 bits per heavy atom. The fourth-order valence-electron chi connectivity index (χ4n) is 2.17. The van der Waals surface area contributed by atoms with Gasteiger partial charge in [-0.25, -0.2) is 0 Å². The normalized spacial score (nSPS) is 12.3. The molecule has 18 heavy (non-hydrogen) atoms. The number of hydrogen-bond acceptors (Lipinski definition) is 2. The second-order valence-electron chi connectivity index (χ2n) is 4.60. The first-order chi connectivity index (χ1) is 8.52. The minimum Gasteiger partial charge on any atom is -0.316 e. The number of aryl methyl sites for hydroxylation is 3. The van der Waals surface area contributed by atoms with E-state index < -0.39 is 0 Å². The summed E-state index contributed by atoms with van der Waals surface area (Å²) < 4.78 is 3.38. The van der Waals surface area contributed by atoms with Crippen molar-refractivity contribution in [3.8, 4) is 0 Å². The quantitative estimate of drug-likeness (QED) is 0.818. The lowest BCUT2D eigenvalue weighted by Crippen LogP contribution is -2.15. The summed E-state index contributed by atoms with van der Waals surface area (Å²) in [5.41, 5.74) is 3.70. The standard InChI is InChI=1S/C14H18N2OS/c1-5-6-16-12-8-9(2)7-10(3)13(12)18-14(16)15-11(4)17/h7-8H,5-6H2,1-4H3. The smallest absolute Gasteiger partial charge is 0.245 e. The Hall–Kier alpha value is -1.42. The Labute approximate surface area is 111 Å². The molecule has 2 rings (SSSR count). The van der Waals surface area contributed by atoms with E-state index in [9.17, 15) is 4.79 Å². The molecule has 0 radical (unpaired) electrons. The number of rotatable bonds is 2. The minimum absolute atomic E-state index is 0.138. The van der Waals surface area contributed by atoms with Crippen molar-refractivity contribution >= 4 is 27.5 Å². The van der Waals surface area contributed by atoms with Gasteiger partial charge in [0.05, 0.1) is 10.2 Å². The molecule has 1 aromatic heterocycles. The van der Waals surface area contributed by atoms with E-state index in [1.54, 1.807) is 11.3 Å². The lowest BCUT2D eigenvalue weighted by molar-refractivity contribution is -0.116. The third-order valence-electron chi connectivity index (χ3n) is 2.81. The molecule has 0 spiro atoms. The van der Waals surface area contributed by atoms with Crippen molar-refractivity contribution in [2.45, 2.75) is 40.7 Å². The van der Waals surface area contributed by atoms with Crippen molar-refractivity contribution in [2.75, 3.05) is 0 Å². The first-order valence-corrected chi connectivity index (χ1v) is 7.00. The van der Waals surface area contributed by atoms with Crippen LogP contribution < -0.4 is 4.80 Å². The number of carbonyl (C=O) groups excluding carboxylic acids is 1. The van der Waals surface area contributed by atoms with Gasteiger partial charge in [0, 0.05) is 13.5 Å². The highest BCUT2D eigenvalue weighted by Gasteiger charge is 2.09. The molecule has 0 aliphatic heterocycles. The van der Waals surface area contributed by atoms with Gasteiger partial charge in [0.25, 0.3) is 0 Å². The van der Waals surface area contributed by atoms with Crippen molar-refractivity contribution in [3.63, 3.8) is 0 Å². The molecule has 2 aromatic rings. The molecule has 0 saturated carbocycles. The van der Waals surface area contributed by atoms with Gasteiger partial charge >= 0.3 is 0 Å². The van der Waals surface area contributed by atoms with Gasteiger partial charge in [0.1, 0.15) is 0 Å². The molecule has 1 heterocycles. The molecule has 0 unspecified atom stereocenters. The van der Waals surface area contributed by atoms with Gasteiger partial charge in [-0.2, -0.15) is 4.99 Å². The van der Waals surface area contributed by atoms with E-state index in [0.29, 0.717) is 0 Å². The van der Waals surface area contributed by atoms with Crippen molar-refractivity contribution in [3.05, 3.63) is 28.1 Å². The zero-order valence-corrected chi connectivity index (χ0v) is 12.1. The second-order valence-corrected chi connectivity index (χ2v) is 5.57. The topological polar surface area (TPSA) is 34.4 Å². The number of nitrogens with zero attached hydrogens (tertiary/aromatic N) is 2. The largest absolute Gasteiger partial charge is 0.316 e. The molecule has 1 amide bonds. The summed E-state index contributed by atoms with van der Waals surface area (Å²) in [6.45, 7) is 8.74. The van der Waals surface area contributed by atoms with Crippen LogP contribution in [-0.4, -0.2) is 10.5 Å². The Morgan fingerprint density at radius 1 is 1.39 bits per heavy atom. The maximum absolute atomic E-state index is 11.2. The van der Waals surface area contributed by atoms with Gasteiger partial charge in [-0.3, -0.25) is 4.79 Å². The Kier molecular flexibility index (Phi) is 3.66. The Bertz CT molecular complexity index is 664. The van der Waals surface area contributed by atoms with E-state index in [4.69, 9.17) is 0 Å². The van der Waals surface area contributed by atoms with Crippen molar-refractivity contribution in [2.24, 2.45) is 4.99 Å². The van der Waals surface area contributed by atoms with Gasteiger partial charge in [-0.15, -0.1) is 0 Å². The molecule has 3 nitrogen and oxygen atoms in total. The van der Waals surface area contributed by atoms with Gasteiger partial charge in [-0.1, -0.05) is 24.3 Å². The third kappa shape index (κ3) is 2.38. The van der Waals surface area contributed by atoms with E-state index in [2.05, 4.69) is 42.5 Å². The molecule has 0 saturated heterocycles. The lowest BCUT2D eigenvalue weighted by atomic mass is 10.1. The van der Waals surface area contributed by atoms with Crippen molar-refractivity contribution < 1.29 is 4.79 Å². The van der Waals surface area contributed by atoms with Gasteiger partial charge < -0.3 is 4.57 Å². The summed E-state index contributed by atoms with van der Waals surface area (Å²) in [6, 6.07) is 4.35. The van der Waals surface area contributed by atoms with Gasteiger partial charge in [-0.05, 0) is 37.5 Å². The van der Waals surface area contributed by atoms with Crippen LogP contribution in [0.15, 0.2) is 17.1 Å². The maximum Gasteiger partial charge on any atom is 0.245 e. The molecule has 0 fully saturated rings. The lowest BCUT2D eigenvalue weighted by Gasteiger charge is -2.04. The molecule has 0 N–H and O–H groups in total. The number of fused-ring (bicyclic) bond motifs is 1. The van der Waals surface area contributed by atoms with Gasteiger partial charge in [0.2, 0.25) is 5.91 Å². The van der Waals surface area contributed by atoms with Crippen molar-refractivity contribution in [1.29, 1.82) is 0 Å². The van der Waals surface area contributed by atoms with Crippen molar-refractivity contribution in [1.82, 2.24) is 4.57 Å². The van der Waals surface area contributed by atoms with E-state index in [1.165, 1.54) is 28.3 Å². The zero-order valence-electron chi connectivity index (χ0n) is 11.3. The van der Waals surface area contributed by atoms with E-state index in [0.717, 1.165) is 17.8 Å². The highest BCUT2D eigenvalue weighted by atomic mass is 32.1. The molecule has 0 aliphatic carbocycles. The third-order valence-corrected chi connectivity index (χ3v) is 4.04. The van der Waals surface area contributed by atoms with Crippen LogP contribution in [0.2, 0.25) is 0 Å². The monoisotopic (exact) mass is 262 g/mol. The molecule has 0 atom stereocenters. The minimum atomic E-state index is -0.138. The molecular formula is C14H18N2OS. The first kappa shape index (κ1) is 13.0. The predicted octanol–water partition coefficient (Wildman–Crippen LogP) is 3.18. The highest BCUT2D eigenvalue weighted by Crippen LogP contribution is 2.23. The molecule has 1 aromatic carbocycles. The van der Waals surface area contributed by atoms with E-state index >= 15 is 0 Å². The number of thiazole rings is 1. The fourth-order valence-corrected chi connectivity index (χ4v) is 3.32. The Balaban J connectivity index is 2.83. The average molecular weight is 262 g/mol. The number of amides is 1. The average Bonchev–Trinajstić information content (AvgIpc) is 2.58. The summed E-state index contributed by atoms with van der Waals surface area (Å²) in [5.74, 6) is -0.138. The number of benzene rings is 1. The van der Waals surface area contributed by atoms with Gasteiger partial charge in [0.15, 0.2) is 4.80 Å².